The number of fused-ring (bicyclic) bond motifs is 6. The number of rotatable bonds is 3. The Morgan fingerprint density at radius 1 is 0.523 bits per heavy atom. The van der Waals surface area contributed by atoms with Crippen LogP contribution in [0.15, 0.2) is 109 Å². The highest BCUT2D eigenvalue weighted by molar-refractivity contribution is 6.14. The Hall–Kier alpha value is -5.66. The van der Waals surface area contributed by atoms with Crippen LogP contribution in [0.1, 0.15) is 27.8 Å². The fraction of sp³-hybridized carbons (Fsp3) is 0.100. The van der Waals surface area contributed by atoms with Crippen molar-refractivity contribution in [2.75, 3.05) is 0 Å². The van der Waals surface area contributed by atoms with Gasteiger partial charge in [-0.2, -0.15) is 5.26 Å². The van der Waals surface area contributed by atoms with Crippen molar-refractivity contribution in [1.82, 2.24) is 14.1 Å². The second kappa shape index (κ2) is 9.69. The molecule has 210 valence electrons. The number of aromatic nitrogens is 3. The zero-order chi connectivity index (χ0) is 30.1. The molecule has 3 heterocycles. The van der Waals surface area contributed by atoms with Crippen LogP contribution in [-0.4, -0.2) is 14.1 Å². The van der Waals surface area contributed by atoms with Crippen molar-refractivity contribution in [3.8, 4) is 28.6 Å². The van der Waals surface area contributed by atoms with Crippen LogP contribution in [0.4, 0.5) is 0 Å². The molecule has 0 aliphatic rings. The maximum Gasteiger partial charge on any atom is 0.0991 e. The number of aryl methyl sites for hydroxylation is 4. The predicted molar refractivity (Wildman–Crippen MR) is 182 cm³/mol. The van der Waals surface area contributed by atoms with E-state index < -0.39 is 0 Å². The molecule has 5 aromatic carbocycles. The number of nitriles is 1. The van der Waals surface area contributed by atoms with E-state index in [1.54, 1.807) is 0 Å². The lowest BCUT2D eigenvalue weighted by molar-refractivity contribution is 1.09. The Bertz CT molecular complexity index is 2240. The van der Waals surface area contributed by atoms with E-state index in [2.05, 4.69) is 122 Å². The molecule has 0 saturated heterocycles. The van der Waals surface area contributed by atoms with Gasteiger partial charge in [-0.3, -0.25) is 4.98 Å². The first kappa shape index (κ1) is 26.0. The van der Waals surface area contributed by atoms with Gasteiger partial charge in [0.15, 0.2) is 0 Å². The maximum atomic E-state index is 9.93. The second-order valence-electron chi connectivity index (χ2n) is 11.8. The van der Waals surface area contributed by atoms with Crippen molar-refractivity contribution >= 4 is 43.6 Å². The predicted octanol–water partition coefficient (Wildman–Crippen LogP) is 10.0. The molecule has 0 amide bonds. The van der Waals surface area contributed by atoms with Crippen molar-refractivity contribution < 1.29 is 0 Å². The second-order valence-corrected chi connectivity index (χ2v) is 11.8. The maximum absolute atomic E-state index is 9.93. The number of nitrogens with zero attached hydrogens (tertiary/aromatic N) is 4. The first-order chi connectivity index (χ1) is 21.5. The van der Waals surface area contributed by atoms with Crippen molar-refractivity contribution in [3.05, 3.63) is 137 Å². The molecular formula is C40H30N4. The zero-order valence-corrected chi connectivity index (χ0v) is 25.2. The van der Waals surface area contributed by atoms with Crippen molar-refractivity contribution in [2.45, 2.75) is 27.7 Å². The van der Waals surface area contributed by atoms with Crippen LogP contribution >= 0.6 is 0 Å². The van der Waals surface area contributed by atoms with Crippen molar-refractivity contribution in [1.29, 1.82) is 5.26 Å². The summed E-state index contributed by atoms with van der Waals surface area (Å²) in [4.78, 5) is 4.94. The highest BCUT2D eigenvalue weighted by atomic mass is 15.0. The first-order valence-corrected chi connectivity index (χ1v) is 15.0. The highest BCUT2D eigenvalue weighted by Crippen LogP contribution is 2.43. The van der Waals surface area contributed by atoms with Gasteiger partial charge in [0.1, 0.15) is 0 Å². The summed E-state index contributed by atoms with van der Waals surface area (Å²) >= 11 is 0. The van der Waals surface area contributed by atoms with Gasteiger partial charge < -0.3 is 9.13 Å². The van der Waals surface area contributed by atoms with Gasteiger partial charge in [0.05, 0.1) is 57.5 Å². The van der Waals surface area contributed by atoms with Gasteiger partial charge in [-0.15, -0.1) is 0 Å². The third-order valence-electron chi connectivity index (χ3n) is 9.13. The van der Waals surface area contributed by atoms with E-state index >= 15 is 0 Å². The van der Waals surface area contributed by atoms with Crippen LogP contribution in [-0.2, 0) is 0 Å². The first-order valence-electron chi connectivity index (χ1n) is 15.0. The molecule has 0 bridgehead atoms. The lowest BCUT2D eigenvalue weighted by atomic mass is 10.0. The average Bonchev–Trinajstić information content (AvgIpc) is 3.57. The minimum Gasteiger partial charge on any atom is -0.307 e. The third kappa shape index (κ3) is 3.60. The normalized spacial score (nSPS) is 11.6. The summed E-state index contributed by atoms with van der Waals surface area (Å²) in [5, 5.41) is 15.0. The molecule has 44 heavy (non-hydrogen) atoms. The number of benzene rings is 5. The summed E-state index contributed by atoms with van der Waals surface area (Å²) < 4.78 is 4.72. The number of pyridine rings is 1. The molecule has 4 nitrogen and oxygen atoms in total. The number of hydrogen-bond acceptors (Lipinski definition) is 2. The zero-order valence-electron chi connectivity index (χ0n) is 25.2. The van der Waals surface area contributed by atoms with Crippen molar-refractivity contribution in [2.24, 2.45) is 0 Å². The summed E-state index contributed by atoms with van der Waals surface area (Å²) in [6, 6.07) is 36.4. The van der Waals surface area contributed by atoms with E-state index in [1.165, 1.54) is 43.8 Å². The summed E-state index contributed by atoms with van der Waals surface area (Å²) in [7, 11) is 0. The Kier molecular flexibility index (Phi) is 5.73. The van der Waals surface area contributed by atoms with E-state index in [0.717, 1.165) is 44.6 Å². The fourth-order valence-corrected chi connectivity index (χ4v) is 7.25. The number of hydrogen-bond donors (Lipinski definition) is 0. The van der Waals surface area contributed by atoms with Gasteiger partial charge in [0.25, 0.3) is 0 Å². The van der Waals surface area contributed by atoms with E-state index in [9.17, 15) is 5.26 Å². The molecule has 3 aromatic heterocycles. The quantitative estimate of drug-likeness (QED) is 0.214. The summed E-state index contributed by atoms with van der Waals surface area (Å²) in [6.45, 7) is 8.75. The monoisotopic (exact) mass is 566 g/mol. The summed E-state index contributed by atoms with van der Waals surface area (Å²) in [6.07, 6.45) is 3.96. The van der Waals surface area contributed by atoms with Crippen LogP contribution in [0.2, 0.25) is 0 Å². The van der Waals surface area contributed by atoms with Gasteiger partial charge in [-0.1, -0.05) is 60.7 Å². The fourth-order valence-electron chi connectivity index (χ4n) is 7.25. The lowest BCUT2D eigenvalue weighted by Gasteiger charge is -2.19. The molecule has 0 spiro atoms. The highest BCUT2D eigenvalue weighted by Gasteiger charge is 2.24. The molecule has 8 rings (SSSR count). The largest absolute Gasteiger partial charge is 0.307 e. The van der Waals surface area contributed by atoms with E-state index in [4.69, 9.17) is 4.98 Å². The third-order valence-corrected chi connectivity index (χ3v) is 9.13. The molecule has 0 aliphatic heterocycles. The molecule has 0 radical (unpaired) electrons. The molecule has 0 N–H and O–H groups in total. The van der Waals surface area contributed by atoms with Crippen LogP contribution in [0.3, 0.4) is 0 Å². The molecule has 0 aliphatic carbocycles. The molecule has 0 atom stereocenters. The van der Waals surface area contributed by atoms with Crippen LogP contribution in [0.25, 0.3) is 66.1 Å². The van der Waals surface area contributed by atoms with Gasteiger partial charge in [-0.25, -0.2) is 0 Å². The molecule has 0 unspecified atom stereocenters. The Labute approximate surface area is 256 Å². The van der Waals surface area contributed by atoms with Crippen LogP contribution in [0, 0.1) is 39.0 Å². The molecule has 4 heteroatoms. The molecule has 8 aromatic rings. The lowest BCUT2D eigenvalue weighted by Crippen LogP contribution is -2.05. The Morgan fingerprint density at radius 3 is 1.30 bits per heavy atom. The van der Waals surface area contributed by atoms with Gasteiger partial charge in [0.2, 0.25) is 0 Å². The van der Waals surface area contributed by atoms with Crippen molar-refractivity contribution in [3.63, 3.8) is 0 Å². The van der Waals surface area contributed by atoms with E-state index in [1.807, 2.05) is 30.6 Å². The van der Waals surface area contributed by atoms with E-state index in [0.29, 0.717) is 5.56 Å². The SMILES string of the molecule is Cc1cccc2c1c1c(C)cccc1n2-c1cncc(-n2c3cccc(C)c3c3c(C)cccc32)c1-c1cccc(C#N)c1. The smallest absolute Gasteiger partial charge is 0.0991 e. The summed E-state index contributed by atoms with van der Waals surface area (Å²) in [5.74, 6) is 0. The van der Waals surface area contributed by atoms with E-state index in [-0.39, 0.29) is 0 Å². The van der Waals surface area contributed by atoms with Gasteiger partial charge in [-0.05, 0) is 91.9 Å². The topological polar surface area (TPSA) is 46.5 Å². The standard InChI is InChI=1S/C40H30N4/c1-24-10-5-16-30-36(24)37-25(2)11-6-17-31(37)43(30)34-22-42-23-35(40(34)29-15-9-14-28(20-29)21-41)44-32-18-7-12-26(3)38(32)39-27(4)13-8-19-33(39)44/h5-20,22-23H,1-4H3. The van der Waals surface area contributed by atoms with Gasteiger partial charge >= 0.3 is 0 Å². The Balaban J connectivity index is 1.60. The Morgan fingerprint density at radius 2 is 0.909 bits per heavy atom. The van der Waals surface area contributed by atoms with Crippen LogP contribution < -0.4 is 0 Å². The van der Waals surface area contributed by atoms with Crippen LogP contribution in [0.5, 0.6) is 0 Å². The average molecular weight is 567 g/mol. The molecular weight excluding hydrogens is 536 g/mol. The minimum atomic E-state index is 0.624. The van der Waals surface area contributed by atoms with Gasteiger partial charge in [0, 0.05) is 27.1 Å². The molecule has 0 fully saturated rings. The summed E-state index contributed by atoms with van der Waals surface area (Å²) in [5.41, 5.74) is 14.1. The minimum absolute atomic E-state index is 0.624. The molecule has 0 saturated carbocycles.